The number of likely N-dealkylation sites (N-methyl/N-ethyl adjacent to an activating group) is 1. The summed E-state index contributed by atoms with van der Waals surface area (Å²) < 4.78 is 5.24. The van der Waals surface area contributed by atoms with Crippen molar-refractivity contribution in [2.24, 2.45) is 5.92 Å². The Balaban J connectivity index is 1.85. The SMILES string of the molecule is COc1ccc(CCN2C(=O)C(C)(C)N(C)C2(C)C2C=CC(C)=CC2)cc1. The Morgan fingerprint density at radius 2 is 1.85 bits per heavy atom. The van der Waals surface area contributed by atoms with Gasteiger partial charge in [0.05, 0.1) is 12.6 Å². The lowest BCUT2D eigenvalue weighted by Crippen LogP contribution is -2.57. The van der Waals surface area contributed by atoms with Crippen LogP contribution in [0.4, 0.5) is 0 Å². The minimum absolute atomic E-state index is 0.209. The van der Waals surface area contributed by atoms with Gasteiger partial charge in [-0.15, -0.1) is 0 Å². The predicted molar refractivity (Wildman–Crippen MR) is 110 cm³/mol. The van der Waals surface area contributed by atoms with Crippen molar-refractivity contribution in [3.8, 4) is 5.75 Å². The van der Waals surface area contributed by atoms with Crippen LogP contribution in [0.15, 0.2) is 48.1 Å². The van der Waals surface area contributed by atoms with Gasteiger partial charge in [0, 0.05) is 12.5 Å². The molecule has 0 N–H and O–H groups in total. The maximum absolute atomic E-state index is 13.3. The fourth-order valence-corrected chi connectivity index (χ4v) is 4.37. The normalized spacial score (nSPS) is 27.8. The number of carbonyl (C=O) groups excluding carboxylic acids is 1. The average Bonchev–Trinajstić information content (AvgIpc) is 2.79. The predicted octanol–water partition coefficient (Wildman–Crippen LogP) is 4.03. The van der Waals surface area contributed by atoms with E-state index in [0.717, 1.165) is 18.6 Å². The van der Waals surface area contributed by atoms with Crippen molar-refractivity contribution in [2.75, 3.05) is 20.7 Å². The van der Waals surface area contributed by atoms with Crippen molar-refractivity contribution in [1.29, 1.82) is 0 Å². The van der Waals surface area contributed by atoms with Crippen LogP contribution in [0.5, 0.6) is 5.75 Å². The summed E-state index contributed by atoms with van der Waals surface area (Å²) in [6, 6.07) is 8.12. The zero-order valence-corrected chi connectivity index (χ0v) is 17.5. The molecule has 1 heterocycles. The van der Waals surface area contributed by atoms with Gasteiger partial charge in [-0.05, 0) is 65.3 Å². The topological polar surface area (TPSA) is 32.8 Å². The largest absolute Gasteiger partial charge is 0.497 e. The molecule has 0 bridgehead atoms. The van der Waals surface area contributed by atoms with E-state index < -0.39 is 5.54 Å². The van der Waals surface area contributed by atoms with Gasteiger partial charge in [-0.3, -0.25) is 9.69 Å². The highest BCUT2D eigenvalue weighted by atomic mass is 16.5. The number of ether oxygens (including phenoxy) is 1. The highest BCUT2D eigenvalue weighted by Crippen LogP contribution is 2.44. The van der Waals surface area contributed by atoms with Crippen LogP contribution in [-0.4, -0.2) is 47.6 Å². The number of methoxy groups -OCH3 is 1. The van der Waals surface area contributed by atoms with Gasteiger partial charge in [-0.1, -0.05) is 35.9 Å². The minimum atomic E-state index is -0.501. The molecule has 1 aliphatic carbocycles. The molecule has 1 amide bonds. The number of carbonyl (C=O) groups is 1. The molecule has 1 fully saturated rings. The standard InChI is InChI=1S/C23H32N2O2/c1-17-7-11-19(12-8-17)23(4)24(5)22(2,3)21(26)25(23)16-15-18-9-13-20(27-6)14-10-18/h7-11,13-14,19H,12,15-16H2,1-6H3. The number of rotatable bonds is 5. The van der Waals surface area contributed by atoms with E-state index in [2.05, 4.69) is 61.1 Å². The van der Waals surface area contributed by atoms with Crippen LogP contribution in [0.1, 0.15) is 39.7 Å². The number of hydrogen-bond donors (Lipinski definition) is 0. The van der Waals surface area contributed by atoms with E-state index in [1.165, 1.54) is 11.1 Å². The van der Waals surface area contributed by atoms with Crippen LogP contribution in [0.2, 0.25) is 0 Å². The van der Waals surface area contributed by atoms with Gasteiger partial charge in [0.1, 0.15) is 11.4 Å². The van der Waals surface area contributed by atoms with Gasteiger partial charge in [-0.25, -0.2) is 0 Å². The number of hydrogen-bond acceptors (Lipinski definition) is 3. The smallest absolute Gasteiger partial charge is 0.244 e. The summed E-state index contributed by atoms with van der Waals surface area (Å²) in [6.45, 7) is 9.13. The summed E-state index contributed by atoms with van der Waals surface area (Å²) in [7, 11) is 3.76. The first-order chi connectivity index (χ1) is 12.7. The van der Waals surface area contributed by atoms with E-state index in [4.69, 9.17) is 4.74 Å². The van der Waals surface area contributed by atoms with Crippen LogP contribution in [0.25, 0.3) is 0 Å². The molecule has 0 saturated carbocycles. The monoisotopic (exact) mass is 368 g/mol. The van der Waals surface area contributed by atoms with Crippen LogP contribution in [0.3, 0.4) is 0 Å². The van der Waals surface area contributed by atoms with Gasteiger partial charge in [0.15, 0.2) is 0 Å². The van der Waals surface area contributed by atoms with Gasteiger partial charge in [0.25, 0.3) is 0 Å². The second-order valence-corrected chi connectivity index (χ2v) is 8.42. The van der Waals surface area contributed by atoms with E-state index in [-0.39, 0.29) is 17.5 Å². The second kappa shape index (κ2) is 7.16. The summed E-state index contributed by atoms with van der Waals surface area (Å²) in [5.41, 5.74) is 1.68. The summed E-state index contributed by atoms with van der Waals surface area (Å²) in [5, 5.41) is 0. The van der Waals surface area contributed by atoms with Crippen LogP contribution < -0.4 is 4.74 Å². The molecule has 1 saturated heterocycles. The Labute approximate surface area is 163 Å². The van der Waals surface area contributed by atoms with Crippen molar-refractivity contribution in [2.45, 2.75) is 51.7 Å². The van der Waals surface area contributed by atoms with Crippen molar-refractivity contribution in [3.63, 3.8) is 0 Å². The lowest BCUT2D eigenvalue weighted by molar-refractivity contribution is -0.134. The quantitative estimate of drug-likeness (QED) is 0.787. The van der Waals surface area contributed by atoms with Gasteiger partial charge < -0.3 is 9.64 Å². The minimum Gasteiger partial charge on any atom is -0.497 e. The van der Waals surface area contributed by atoms with Crippen LogP contribution in [-0.2, 0) is 11.2 Å². The first-order valence-electron chi connectivity index (χ1n) is 9.75. The molecule has 1 aromatic carbocycles. The third kappa shape index (κ3) is 3.31. The highest BCUT2D eigenvalue weighted by molar-refractivity contribution is 5.88. The maximum atomic E-state index is 13.3. The zero-order chi connectivity index (χ0) is 19.8. The van der Waals surface area contributed by atoms with E-state index in [0.29, 0.717) is 6.54 Å². The lowest BCUT2D eigenvalue weighted by Gasteiger charge is -2.46. The Kier molecular flexibility index (Phi) is 5.22. The van der Waals surface area contributed by atoms with Crippen molar-refractivity contribution < 1.29 is 9.53 Å². The number of nitrogens with zero attached hydrogens (tertiary/aromatic N) is 2. The fourth-order valence-electron chi connectivity index (χ4n) is 4.37. The Bertz CT molecular complexity index is 763. The molecule has 3 rings (SSSR count). The molecule has 0 radical (unpaired) electrons. The summed E-state index contributed by atoms with van der Waals surface area (Å²) in [6.07, 6.45) is 8.54. The molecule has 146 valence electrons. The fraction of sp³-hybridized carbons (Fsp3) is 0.522. The average molecular weight is 369 g/mol. The maximum Gasteiger partial charge on any atom is 0.244 e. The first kappa shape index (κ1) is 19.7. The van der Waals surface area contributed by atoms with Crippen LogP contribution in [0, 0.1) is 5.92 Å². The number of benzene rings is 1. The molecule has 4 heteroatoms. The molecular formula is C23H32N2O2. The summed E-state index contributed by atoms with van der Waals surface area (Å²) in [4.78, 5) is 17.7. The van der Waals surface area contributed by atoms with Crippen molar-refractivity contribution in [1.82, 2.24) is 9.80 Å². The molecule has 0 aromatic heterocycles. The molecule has 0 spiro atoms. The van der Waals surface area contributed by atoms with Gasteiger partial charge >= 0.3 is 0 Å². The summed E-state index contributed by atoms with van der Waals surface area (Å²) >= 11 is 0. The molecule has 1 aromatic rings. The lowest BCUT2D eigenvalue weighted by atomic mass is 9.84. The summed E-state index contributed by atoms with van der Waals surface area (Å²) in [5.74, 6) is 1.35. The molecule has 1 aliphatic heterocycles. The molecule has 2 atom stereocenters. The van der Waals surface area contributed by atoms with Crippen LogP contribution >= 0.6 is 0 Å². The van der Waals surface area contributed by atoms with E-state index >= 15 is 0 Å². The zero-order valence-electron chi connectivity index (χ0n) is 17.5. The van der Waals surface area contributed by atoms with E-state index in [1.807, 2.05) is 26.0 Å². The third-order valence-electron chi connectivity index (χ3n) is 6.60. The molecular weight excluding hydrogens is 336 g/mol. The molecule has 27 heavy (non-hydrogen) atoms. The Morgan fingerprint density at radius 3 is 2.41 bits per heavy atom. The van der Waals surface area contributed by atoms with Gasteiger partial charge in [-0.2, -0.15) is 0 Å². The Hall–Kier alpha value is -2.07. The highest BCUT2D eigenvalue weighted by Gasteiger charge is 2.58. The molecule has 2 unspecified atom stereocenters. The van der Waals surface area contributed by atoms with E-state index in [1.54, 1.807) is 7.11 Å². The Morgan fingerprint density at radius 1 is 1.19 bits per heavy atom. The number of amides is 1. The first-order valence-corrected chi connectivity index (χ1v) is 9.75. The molecule has 4 nitrogen and oxygen atoms in total. The van der Waals surface area contributed by atoms with E-state index in [9.17, 15) is 4.79 Å². The number of allylic oxidation sites excluding steroid dienone is 3. The third-order valence-corrected chi connectivity index (χ3v) is 6.60. The van der Waals surface area contributed by atoms with Crippen molar-refractivity contribution >= 4 is 5.91 Å². The van der Waals surface area contributed by atoms with Gasteiger partial charge in [0.2, 0.25) is 5.91 Å². The molecule has 2 aliphatic rings. The van der Waals surface area contributed by atoms with Crippen molar-refractivity contribution in [3.05, 3.63) is 53.6 Å². The second-order valence-electron chi connectivity index (χ2n) is 8.42.